The monoisotopic (exact) mass is 298 g/mol. The molecule has 5 heteroatoms. The SMILES string of the molecule is CNC(C)c1ccc(S(=O)(=O)NC(C)C(C)(C)C)cc1. The zero-order valence-electron chi connectivity index (χ0n) is 13.2. The molecule has 1 rings (SSSR count). The Labute approximate surface area is 123 Å². The van der Waals surface area contributed by atoms with Crippen molar-refractivity contribution in [2.45, 2.75) is 51.6 Å². The third kappa shape index (κ3) is 4.30. The van der Waals surface area contributed by atoms with Crippen molar-refractivity contribution in [2.24, 2.45) is 5.41 Å². The van der Waals surface area contributed by atoms with Crippen LogP contribution in [0.5, 0.6) is 0 Å². The maximum atomic E-state index is 12.3. The molecule has 0 radical (unpaired) electrons. The molecule has 0 aliphatic rings. The number of benzene rings is 1. The molecule has 0 aliphatic carbocycles. The van der Waals surface area contributed by atoms with E-state index in [0.29, 0.717) is 4.90 Å². The molecule has 0 bridgehead atoms. The fourth-order valence-corrected chi connectivity index (χ4v) is 3.03. The summed E-state index contributed by atoms with van der Waals surface area (Å²) < 4.78 is 27.4. The Morgan fingerprint density at radius 3 is 1.95 bits per heavy atom. The van der Waals surface area contributed by atoms with E-state index in [1.165, 1.54) is 0 Å². The molecule has 114 valence electrons. The fraction of sp³-hybridized carbons (Fsp3) is 0.600. The summed E-state index contributed by atoms with van der Waals surface area (Å²) in [7, 11) is -1.59. The molecule has 0 saturated heterocycles. The zero-order chi connectivity index (χ0) is 15.6. The van der Waals surface area contributed by atoms with Crippen LogP contribution in [-0.2, 0) is 10.0 Å². The van der Waals surface area contributed by atoms with Crippen molar-refractivity contribution in [2.75, 3.05) is 7.05 Å². The second-order valence-corrected chi connectivity index (χ2v) is 8.00. The molecule has 20 heavy (non-hydrogen) atoms. The fourth-order valence-electron chi connectivity index (χ4n) is 1.58. The molecule has 4 nitrogen and oxygen atoms in total. The molecule has 2 atom stereocenters. The number of nitrogens with one attached hydrogen (secondary N) is 2. The molecular weight excluding hydrogens is 272 g/mol. The Morgan fingerprint density at radius 1 is 1.05 bits per heavy atom. The van der Waals surface area contributed by atoms with Crippen LogP contribution in [0.15, 0.2) is 29.2 Å². The van der Waals surface area contributed by atoms with Gasteiger partial charge in [-0.05, 0) is 44.0 Å². The largest absolute Gasteiger partial charge is 0.313 e. The second kappa shape index (κ2) is 6.24. The summed E-state index contributed by atoms with van der Waals surface area (Å²) in [5.41, 5.74) is 0.948. The zero-order valence-corrected chi connectivity index (χ0v) is 14.0. The summed E-state index contributed by atoms with van der Waals surface area (Å²) in [5.74, 6) is 0. The molecule has 0 fully saturated rings. The van der Waals surface area contributed by atoms with E-state index >= 15 is 0 Å². The van der Waals surface area contributed by atoms with Gasteiger partial charge in [0.1, 0.15) is 0 Å². The molecule has 0 saturated carbocycles. The number of hydrogen-bond donors (Lipinski definition) is 2. The highest BCUT2D eigenvalue weighted by Gasteiger charge is 2.25. The minimum atomic E-state index is -3.46. The van der Waals surface area contributed by atoms with Crippen LogP contribution in [0.3, 0.4) is 0 Å². The average molecular weight is 298 g/mol. The van der Waals surface area contributed by atoms with Gasteiger partial charge in [0, 0.05) is 12.1 Å². The molecule has 1 aromatic carbocycles. The molecule has 1 aromatic rings. The minimum Gasteiger partial charge on any atom is -0.313 e. The van der Waals surface area contributed by atoms with Crippen molar-refractivity contribution >= 4 is 10.0 Å². The van der Waals surface area contributed by atoms with Crippen molar-refractivity contribution in [3.63, 3.8) is 0 Å². The van der Waals surface area contributed by atoms with Crippen molar-refractivity contribution in [1.82, 2.24) is 10.0 Å². The van der Waals surface area contributed by atoms with E-state index < -0.39 is 10.0 Å². The van der Waals surface area contributed by atoms with Crippen LogP contribution in [-0.4, -0.2) is 21.5 Å². The van der Waals surface area contributed by atoms with E-state index in [9.17, 15) is 8.42 Å². The molecular formula is C15H26N2O2S. The second-order valence-electron chi connectivity index (χ2n) is 6.29. The Balaban J connectivity index is 2.94. The molecule has 0 spiro atoms. The van der Waals surface area contributed by atoms with Crippen molar-refractivity contribution in [3.05, 3.63) is 29.8 Å². The third-order valence-electron chi connectivity index (χ3n) is 3.75. The lowest BCUT2D eigenvalue weighted by molar-refractivity contribution is 0.317. The maximum absolute atomic E-state index is 12.3. The highest BCUT2D eigenvalue weighted by atomic mass is 32.2. The Hall–Kier alpha value is -0.910. The molecule has 0 aliphatic heterocycles. The highest BCUT2D eigenvalue weighted by Crippen LogP contribution is 2.21. The number of sulfonamides is 1. The molecule has 2 unspecified atom stereocenters. The van der Waals surface area contributed by atoms with Gasteiger partial charge in [-0.2, -0.15) is 0 Å². The normalized spacial score (nSPS) is 15.9. The molecule has 0 amide bonds. The van der Waals surface area contributed by atoms with Gasteiger partial charge >= 0.3 is 0 Å². The lowest BCUT2D eigenvalue weighted by atomic mass is 9.89. The summed E-state index contributed by atoms with van der Waals surface area (Å²) in [6, 6.07) is 7.06. The van der Waals surface area contributed by atoms with Gasteiger partial charge in [0.25, 0.3) is 0 Å². The first kappa shape index (κ1) is 17.1. The lowest BCUT2D eigenvalue weighted by Gasteiger charge is -2.27. The summed E-state index contributed by atoms with van der Waals surface area (Å²) in [5, 5.41) is 3.13. The van der Waals surface area contributed by atoms with Crippen molar-refractivity contribution in [1.29, 1.82) is 0 Å². The van der Waals surface area contributed by atoms with E-state index in [1.54, 1.807) is 12.1 Å². The Morgan fingerprint density at radius 2 is 1.55 bits per heavy atom. The van der Waals surface area contributed by atoms with Gasteiger partial charge in [-0.1, -0.05) is 32.9 Å². The highest BCUT2D eigenvalue weighted by molar-refractivity contribution is 7.89. The van der Waals surface area contributed by atoms with E-state index in [-0.39, 0.29) is 17.5 Å². The van der Waals surface area contributed by atoms with Crippen LogP contribution in [0.4, 0.5) is 0 Å². The van der Waals surface area contributed by atoms with Crippen LogP contribution in [0.2, 0.25) is 0 Å². The van der Waals surface area contributed by atoms with Crippen molar-refractivity contribution in [3.8, 4) is 0 Å². The van der Waals surface area contributed by atoms with Gasteiger partial charge in [0.15, 0.2) is 0 Å². The molecule has 0 heterocycles. The van der Waals surface area contributed by atoms with Gasteiger partial charge in [0.05, 0.1) is 4.90 Å². The summed E-state index contributed by atoms with van der Waals surface area (Å²) in [4.78, 5) is 0.306. The van der Waals surface area contributed by atoms with E-state index in [2.05, 4.69) is 10.0 Å². The van der Waals surface area contributed by atoms with Crippen LogP contribution < -0.4 is 10.0 Å². The number of rotatable bonds is 5. The van der Waals surface area contributed by atoms with Crippen LogP contribution >= 0.6 is 0 Å². The van der Waals surface area contributed by atoms with Crippen LogP contribution in [0.25, 0.3) is 0 Å². The lowest BCUT2D eigenvalue weighted by Crippen LogP contribution is -2.41. The van der Waals surface area contributed by atoms with Crippen LogP contribution in [0, 0.1) is 5.41 Å². The predicted octanol–water partition coefficient (Wildman–Crippen LogP) is 2.68. The smallest absolute Gasteiger partial charge is 0.240 e. The molecule has 2 N–H and O–H groups in total. The van der Waals surface area contributed by atoms with E-state index in [4.69, 9.17) is 0 Å². The van der Waals surface area contributed by atoms with Crippen LogP contribution in [0.1, 0.15) is 46.2 Å². The Kier molecular flexibility index (Phi) is 5.35. The standard InChI is InChI=1S/C15H26N2O2S/c1-11(16-6)13-7-9-14(10-8-13)20(18,19)17-12(2)15(3,4)5/h7-12,16-17H,1-6H3. The first-order valence-electron chi connectivity index (χ1n) is 6.87. The summed E-state index contributed by atoms with van der Waals surface area (Å²) in [6.07, 6.45) is 0. The van der Waals surface area contributed by atoms with Gasteiger partial charge in [-0.3, -0.25) is 0 Å². The van der Waals surface area contributed by atoms with Crippen molar-refractivity contribution < 1.29 is 8.42 Å². The minimum absolute atomic E-state index is 0.117. The quantitative estimate of drug-likeness (QED) is 0.878. The van der Waals surface area contributed by atoms with Gasteiger partial charge < -0.3 is 5.32 Å². The van der Waals surface area contributed by atoms with E-state index in [1.807, 2.05) is 53.8 Å². The first-order chi connectivity index (χ1) is 9.08. The van der Waals surface area contributed by atoms with Gasteiger partial charge in [-0.25, -0.2) is 13.1 Å². The van der Waals surface area contributed by atoms with E-state index in [0.717, 1.165) is 5.56 Å². The van der Waals surface area contributed by atoms with Gasteiger partial charge in [-0.15, -0.1) is 0 Å². The average Bonchev–Trinajstić information content (AvgIpc) is 2.36. The summed E-state index contributed by atoms with van der Waals surface area (Å²) >= 11 is 0. The Bertz CT molecular complexity index is 530. The topological polar surface area (TPSA) is 58.2 Å². The summed E-state index contributed by atoms with van der Waals surface area (Å²) in [6.45, 7) is 9.95. The number of hydrogen-bond acceptors (Lipinski definition) is 3. The third-order valence-corrected chi connectivity index (χ3v) is 5.31. The molecule has 0 aromatic heterocycles. The first-order valence-corrected chi connectivity index (χ1v) is 8.36. The predicted molar refractivity (Wildman–Crippen MR) is 83.2 cm³/mol. The van der Waals surface area contributed by atoms with Gasteiger partial charge in [0.2, 0.25) is 10.0 Å². The maximum Gasteiger partial charge on any atom is 0.240 e.